The van der Waals surface area contributed by atoms with Gasteiger partial charge in [-0.2, -0.15) is 0 Å². The summed E-state index contributed by atoms with van der Waals surface area (Å²) in [4.78, 5) is 21.7. The van der Waals surface area contributed by atoms with Crippen LogP contribution in [-0.4, -0.2) is 24.3 Å². The summed E-state index contributed by atoms with van der Waals surface area (Å²) in [5.41, 5.74) is 6.54. The van der Waals surface area contributed by atoms with E-state index in [9.17, 15) is 9.59 Å². The largest absolute Gasteiger partial charge is 0.493 e. The van der Waals surface area contributed by atoms with Crippen molar-refractivity contribution in [3.63, 3.8) is 0 Å². The second kappa shape index (κ2) is 6.86. The number of hydrogen-bond acceptors (Lipinski definition) is 3. The second-order valence-corrected chi connectivity index (χ2v) is 3.99. The normalized spacial score (nSPS) is 9.89. The molecule has 18 heavy (non-hydrogen) atoms. The molecular formula is C12H15ClN2O3. The van der Waals surface area contributed by atoms with Crippen molar-refractivity contribution in [1.82, 2.24) is 0 Å². The van der Waals surface area contributed by atoms with E-state index in [0.29, 0.717) is 11.4 Å². The Labute approximate surface area is 110 Å². The van der Waals surface area contributed by atoms with Crippen molar-refractivity contribution in [3.05, 3.63) is 23.8 Å². The lowest BCUT2D eigenvalue weighted by atomic mass is 10.2. The molecule has 0 radical (unpaired) electrons. The number of ether oxygens (including phenoxy) is 1. The highest BCUT2D eigenvalue weighted by molar-refractivity contribution is 6.29. The molecular weight excluding hydrogens is 256 g/mol. The third kappa shape index (κ3) is 4.63. The van der Waals surface area contributed by atoms with Crippen LogP contribution in [0.5, 0.6) is 5.75 Å². The standard InChI is InChI=1S/C12H15ClN2O3/c1-8-6-9(18-5-4-11(14)16)2-3-10(8)15-12(17)7-13/h2-3,6H,4-5,7H2,1H3,(H2,14,16)(H,15,17). The average Bonchev–Trinajstić information content (AvgIpc) is 2.32. The molecule has 0 saturated heterocycles. The van der Waals surface area contributed by atoms with E-state index in [1.54, 1.807) is 18.2 Å². The summed E-state index contributed by atoms with van der Waals surface area (Å²) >= 11 is 5.40. The Bertz CT molecular complexity index is 449. The zero-order chi connectivity index (χ0) is 13.5. The van der Waals surface area contributed by atoms with E-state index < -0.39 is 5.91 Å². The molecule has 2 amide bonds. The van der Waals surface area contributed by atoms with Crippen LogP contribution in [0.4, 0.5) is 5.69 Å². The van der Waals surface area contributed by atoms with Crippen molar-refractivity contribution in [1.29, 1.82) is 0 Å². The van der Waals surface area contributed by atoms with Gasteiger partial charge in [0, 0.05) is 5.69 Å². The Kier molecular flexibility index (Phi) is 5.45. The number of nitrogens with two attached hydrogens (primary N) is 1. The van der Waals surface area contributed by atoms with Crippen LogP contribution in [0.3, 0.4) is 0 Å². The lowest BCUT2D eigenvalue weighted by Crippen LogP contribution is -2.15. The first-order valence-corrected chi connectivity index (χ1v) is 5.94. The van der Waals surface area contributed by atoms with Crippen LogP contribution in [0, 0.1) is 6.92 Å². The summed E-state index contributed by atoms with van der Waals surface area (Å²) in [6.07, 6.45) is 0.170. The average molecular weight is 271 g/mol. The molecule has 0 aliphatic rings. The van der Waals surface area contributed by atoms with Crippen LogP contribution in [0.2, 0.25) is 0 Å². The first kappa shape index (κ1) is 14.3. The minimum absolute atomic E-state index is 0.0870. The molecule has 0 aliphatic carbocycles. The number of rotatable bonds is 6. The predicted octanol–water partition coefficient (Wildman–Crippen LogP) is 1.43. The second-order valence-electron chi connectivity index (χ2n) is 3.72. The SMILES string of the molecule is Cc1cc(OCCC(N)=O)ccc1NC(=O)CCl. The first-order valence-electron chi connectivity index (χ1n) is 5.40. The number of primary amides is 1. The van der Waals surface area contributed by atoms with E-state index in [1.807, 2.05) is 6.92 Å². The van der Waals surface area contributed by atoms with Crippen molar-refractivity contribution in [2.75, 3.05) is 17.8 Å². The highest BCUT2D eigenvalue weighted by Crippen LogP contribution is 2.21. The number of carbonyl (C=O) groups is 2. The van der Waals surface area contributed by atoms with Gasteiger partial charge >= 0.3 is 0 Å². The molecule has 3 N–H and O–H groups in total. The number of carbonyl (C=O) groups excluding carboxylic acids is 2. The third-order valence-corrected chi connectivity index (χ3v) is 2.45. The van der Waals surface area contributed by atoms with Gasteiger partial charge in [-0.15, -0.1) is 11.6 Å². The minimum atomic E-state index is -0.405. The molecule has 0 atom stereocenters. The summed E-state index contributed by atoms with van der Waals surface area (Å²) < 4.78 is 5.34. The molecule has 5 nitrogen and oxygen atoms in total. The van der Waals surface area contributed by atoms with Crippen LogP contribution in [-0.2, 0) is 9.59 Å². The van der Waals surface area contributed by atoms with Gasteiger partial charge in [0.2, 0.25) is 11.8 Å². The monoisotopic (exact) mass is 270 g/mol. The van der Waals surface area contributed by atoms with Crippen LogP contribution in [0.25, 0.3) is 0 Å². The molecule has 0 aliphatic heterocycles. The molecule has 0 aromatic heterocycles. The Balaban J connectivity index is 2.61. The number of benzene rings is 1. The van der Waals surface area contributed by atoms with Crippen molar-refractivity contribution >= 4 is 29.1 Å². The van der Waals surface area contributed by atoms with Crippen molar-refractivity contribution < 1.29 is 14.3 Å². The Morgan fingerprint density at radius 1 is 1.44 bits per heavy atom. The van der Waals surface area contributed by atoms with Crippen molar-refractivity contribution in [3.8, 4) is 5.75 Å². The van der Waals surface area contributed by atoms with Gasteiger partial charge in [0.1, 0.15) is 11.6 Å². The van der Waals surface area contributed by atoms with Gasteiger partial charge in [-0.25, -0.2) is 0 Å². The molecule has 0 spiro atoms. The number of halogens is 1. The van der Waals surface area contributed by atoms with Gasteiger partial charge in [-0.3, -0.25) is 9.59 Å². The quantitative estimate of drug-likeness (QED) is 0.767. The lowest BCUT2D eigenvalue weighted by Gasteiger charge is -2.10. The maximum Gasteiger partial charge on any atom is 0.239 e. The fraction of sp³-hybridized carbons (Fsp3) is 0.333. The lowest BCUT2D eigenvalue weighted by molar-refractivity contribution is -0.118. The fourth-order valence-electron chi connectivity index (χ4n) is 1.32. The Morgan fingerprint density at radius 3 is 2.72 bits per heavy atom. The first-order chi connectivity index (χ1) is 8.52. The van der Waals surface area contributed by atoms with Crippen LogP contribution >= 0.6 is 11.6 Å². The zero-order valence-corrected chi connectivity index (χ0v) is 10.8. The van der Waals surface area contributed by atoms with E-state index >= 15 is 0 Å². The zero-order valence-electron chi connectivity index (χ0n) is 10.0. The minimum Gasteiger partial charge on any atom is -0.493 e. The van der Waals surface area contributed by atoms with Gasteiger partial charge in [0.15, 0.2) is 0 Å². The van der Waals surface area contributed by atoms with Crippen LogP contribution < -0.4 is 15.8 Å². The molecule has 0 fully saturated rings. The number of alkyl halides is 1. The summed E-state index contributed by atoms with van der Waals surface area (Å²) in [7, 11) is 0. The van der Waals surface area contributed by atoms with E-state index in [2.05, 4.69) is 5.32 Å². The van der Waals surface area contributed by atoms with Crippen LogP contribution in [0.15, 0.2) is 18.2 Å². The third-order valence-electron chi connectivity index (χ3n) is 2.21. The number of amides is 2. The topological polar surface area (TPSA) is 81.4 Å². The number of aryl methyl sites for hydroxylation is 1. The summed E-state index contributed by atoms with van der Waals surface area (Å²) in [5, 5.41) is 2.66. The molecule has 0 saturated carbocycles. The number of hydrogen-bond donors (Lipinski definition) is 2. The Morgan fingerprint density at radius 2 is 2.17 bits per heavy atom. The van der Waals surface area contributed by atoms with Crippen LogP contribution in [0.1, 0.15) is 12.0 Å². The van der Waals surface area contributed by atoms with E-state index in [-0.39, 0.29) is 24.8 Å². The van der Waals surface area contributed by atoms with Gasteiger partial charge in [-0.05, 0) is 30.7 Å². The Hall–Kier alpha value is -1.75. The molecule has 0 heterocycles. The van der Waals surface area contributed by atoms with E-state index in [4.69, 9.17) is 22.1 Å². The van der Waals surface area contributed by atoms with Gasteiger partial charge in [0.25, 0.3) is 0 Å². The molecule has 1 aromatic carbocycles. The van der Waals surface area contributed by atoms with Gasteiger partial charge in [-0.1, -0.05) is 0 Å². The van der Waals surface area contributed by atoms with Gasteiger partial charge in [0.05, 0.1) is 13.0 Å². The molecule has 0 bridgehead atoms. The van der Waals surface area contributed by atoms with Gasteiger partial charge < -0.3 is 15.8 Å². The predicted molar refractivity (Wildman–Crippen MR) is 69.8 cm³/mol. The number of nitrogens with one attached hydrogen (secondary N) is 1. The smallest absolute Gasteiger partial charge is 0.239 e. The molecule has 1 rings (SSSR count). The highest BCUT2D eigenvalue weighted by Gasteiger charge is 2.05. The molecule has 98 valence electrons. The maximum absolute atomic E-state index is 11.1. The van der Waals surface area contributed by atoms with E-state index in [1.165, 1.54) is 0 Å². The van der Waals surface area contributed by atoms with E-state index in [0.717, 1.165) is 5.56 Å². The summed E-state index contributed by atoms with van der Waals surface area (Å²) in [6.45, 7) is 2.08. The number of anilines is 1. The molecule has 0 unspecified atom stereocenters. The fourth-order valence-corrected chi connectivity index (χ4v) is 1.39. The molecule has 1 aromatic rings. The van der Waals surface area contributed by atoms with Crippen molar-refractivity contribution in [2.24, 2.45) is 5.73 Å². The van der Waals surface area contributed by atoms with Crippen molar-refractivity contribution in [2.45, 2.75) is 13.3 Å². The summed E-state index contributed by atoms with van der Waals surface area (Å²) in [5.74, 6) is -0.131. The maximum atomic E-state index is 11.1. The summed E-state index contributed by atoms with van der Waals surface area (Å²) in [6, 6.07) is 5.20. The molecule has 6 heteroatoms. The highest BCUT2D eigenvalue weighted by atomic mass is 35.5.